The lowest BCUT2D eigenvalue weighted by atomic mass is 10.3. The van der Waals surface area contributed by atoms with Crippen molar-refractivity contribution in [2.75, 3.05) is 0 Å². The van der Waals surface area contributed by atoms with E-state index in [0.29, 0.717) is 0 Å². The van der Waals surface area contributed by atoms with Crippen LogP contribution < -0.4 is 0 Å². The molecule has 0 radical (unpaired) electrons. The SMILES string of the molecule is Cc1cnn(CC2C(I)[C@H]2C)c1. The zero-order valence-corrected chi connectivity index (χ0v) is 9.52. The van der Waals surface area contributed by atoms with Crippen molar-refractivity contribution in [1.82, 2.24) is 9.78 Å². The summed E-state index contributed by atoms with van der Waals surface area (Å²) in [6.45, 7) is 5.50. The van der Waals surface area contributed by atoms with Crippen molar-refractivity contribution >= 4 is 22.6 Å². The van der Waals surface area contributed by atoms with E-state index in [0.717, 1.165) is 22.3 Å². The van der Waals surface area contributed by atoms with Gasteiger partial charge in [-0.3, -0.25) is 4.68 Å². The third-order valence-corrected chi connectivity index (χ3v) is 4.66. The highest BCUT2D eigenvalue weighted by Gasteiger charge is 2.44. The summed E-state index contributed by atoms with van der Waals surface area (Å²) in [5.74, 6) is 1.74. The number of hydrogen-bond donors (Lipinski definition) is 0. The first kappa shape index (κ1) is 8.53. The molecule has 2 rings (SSSR count). The molecule has 0 N–H and O–H groups in total. The Morgan fingerprint density at radius 3 is 2.75 bits per heavy atom. The van der Waals surface area contributed by atoms with Crippen LogP contribution in [0, 0.1) is 18.8 Å². The van der Waals surface area contributed by atoms with Gasteiger partial charge in [-0.1, -0.05) is 29.5 Å². The monoisotopic (exact) mass is 276 g/mol. The molecule has 0 aromatic carbocycles. The number of rotatable bonds is 2. The standard InChI is InChI=1S/C9H13IN2/c1-6-3-11-12(4-6)5-8-7(2)9(8)10/h3-4,7-9H,5H2,1-2H3/t7-,8?,9?/m0/s1. The van der Waals surface area contributed by atoms with Crippen molar-refractivity contribution in [1.29, 1.82) is 0 Å². The van der Waals surface area contributed by atoms with Crippen molar-refractivity contribution < 1.29 is 0 Å². The van der Waals surface area contributed by atoms with E-state index in [-0.39, 0.29) is 0 Å². The average molecular weight is 276 g/mol. The topological polar surface area (TPSA) is 17.8 Å². The Morgan fingerprint density at radius 1 is 1.67 bits per heavy atom. The minimum atomic E-state index is 0.852. The smallest absolute Gasteiger partial charge is 0.0518 e. The van der Waals surface area contributed by atoms with Gasteiger partial charge in [-0.15, -0.1) is 0 Å². The number of alkyl halides is 1. The van der Waals surface area contributed by atoms with E-state index in [2.05, 4.69) is 52.4 Å². The van der Waals surface area contributed by atoms with Crippen LogP contribution in [0.3, 0.4) is 0 Å². The minimum Gasteiger partial charge on any atom is -0.272 e. The summed E-state index contributed by atoms with van der Waals surface area (Å²) in [4.78, 5) is 0. The van der Waals surface area contributed by atoms with Crippen LogP contribution in [-0.4, -0.2) is 13.7 Å². The van der Waals surface area contributed by atoms with Crippen LogP contribution in [0.1, 0.15) is 12.5 Å². The molecule has 1 fully saturated rings. The number of halogens is 1. The van der Waals surface area contributed by atoms with Gasteiger partial charge in [-0.05, 0) is 24.3 Å². The van der Waals surface area contributed by atoms with E-state index >= 15 is 0 Å². The van der Waals surface area contributed by atoms with Crippen LogP contribution in [0.25, 0.3) is 0 Å². The zero-order chi connectivity index (χ0) is 8.72. The Balaban J connectivity index is 1.97. The van der Waals surface area contributed by atoms with Gasteiger partial charge in [0, 0.05) is 16.7 Å². The lowest BCUT2D eigenvalue weighted by Gasteiger charge is -1.97. The molecule has 1 aromatic heterocycles. The van der Waals surface area contributed by atoms with E-state index in [9.17, 15) is 0 Å². The second kappa shape index (κ2) is 3.01. The lowest BCUT2D eigenvalue weighted by molar-refractivity contribution is 0.541. The molecule has 1 aliphatic rings. The molecule has 1 heterocycles. The summed E-state index contributed by atoms with van der Waals surface area (Å²) < 4.78 is 2.93. The van der Waals surface area contributed by atoms with Crippen molar-refractivity contribution in [3.63, 3.8) is 0 Å². The van der Waals surface area contributed by atoms with Crippen LogP contribution >= 0.6 is 22.6 Å². The van der Waals surface area contributed by atoms with Crippen molar-refractivity contribution in [2.24, 2.45) is 11.8 Å². The van der Waals surface area contributed by atoms with Gasteiger partial charge in [0.1, 0.15) is 0 Å². The fraction of sp³-hybridized carbons (Fsp3) is 0.667. The molecule has 0 bridgehead atoms. The van der Waals surface area contributed by atoms with Crippen LogP contribution in [0.2, 0.25) is 0 Å². The Bertz CT molecular complexity index is 274. The van der Waals surface area contributed by atoms with Gasteiger partial charge >= 0.3 is 0 Å². The van der Waals surface area contributed by atoms with Gasteiger partial charge in [0.15, 0.2) is 0 Å². The van der Waals surface area contributed by atoms with Crippen molar-refractivity contribution in [3.05, 3.63) is 18.0 Å². The van der Waals surface area contributed by atoms with Gasteiger partial charge in [0.2, 0.25) is 0 Å². The Morgan fingerprint density at radius 2 is 2.33 bits per heavy atom. The molecule has 0 aliphatic heterocycles. The van der Waals surface area contributed by atoms with Crippen LogP contribution in [0.4, 0.5) is 0 Å². The lowest BCUT2D eigenvalue weighted by Crippen LogP contribution is -2.01. The van der Waals surface area contributed by atoms with Gasteiger partial charge in [0.25, 0.3) is 0 Å². The molecule has 0 saturated heterocycles. The maximum atomic E-state index is 4.28. The van der Waals surface area contributed by atoms with Crippen LogP contribution in [0.15, 0.2) is 12.4 Å². The molecule has 2 nitrogen and oxygen atoms in total. The fourth-order valence-electron chi connectivity index (χ4n) is 1.54. The third kappa shape index (κ3) is 1.51. The molecule has 1 aromatic rings. The summed E-state index contributed by atoms with van der Waals surface area (Å²) in [5, 5.41) is 4.28. The van der Waals surface area contributed by atoms with Crippen molar-refractivity contribution in [3.8, 4) is 0 Å². The first-order valence-electron chi connectivity index (χ1n) is 4.31. The molecule has 0 amide bonds. The predicted molar refractivity (Wildman–Crippen MR) is 57.4 cm³/mol. The van der Waals surface area contributed by atoms with Gasteiger partial charge in [0.05, 0.1) is 6.20 Å². The van der Waals surface area contributed by atoms with Gasteiger partial charge < -0.3 is 0 Å². The first-order valence-corrected chi connectivity index (χ1v) is 5.56. The summed E-state index contributed by atoms with van der Waals surface area (Å²) in [6.07, 6.45) is 4.05. The molecule has 1 aliphatic carbocycles. The third-order valence-electron chi connectivity index (χ3n) is 2.61. The number of aromatic nitrogens is 2. The predicted octanol–water partition coefficient (Wildman–Crippen LogP) is 2.26. The number of aryl methyl sites for hydroxylation is 1. The maximum Gasteiger partial charge on any atom is 0.0518 e. The normalized spacial score (nSPS) is 33.8. The zero-order valence-electron chi connectivity index (χ0n) is 7.37. The molecular weight excluding hydrogens is 263 g/mol. The molecule has 3 heteroatoms. The molecule has 2 unspecified atom stereocenters. The highest BCUT2D eigenvalue weighted by Crippen LogP contribution is 2.46. The maximum absolute atomic E-state index is 4.28. The summed E-state index contributed by atoms with van der Waals surface area (Å²) in [5.41, 5.74) is 1.26. The molecule has 1 saturated carbocycles. The Hall–Kier alpha value is -0.0600. The highest BCUT2D eigenvalue weighted by atomic mass is 127. The number of hydrogen-bond acceptors (Lipinski definition) is 1. The fourth-order valence-corrected chi connectivity index (χ4v) is 2.72. The summed E-state index contributed by atoms with van der Waals surface area (Å²) >= 11 is 2.53. The average Bonchev–Trinajstić information content (AvgIpc) is 2.52. The second-order valence-corrected chi connectivity index (χ2v) is 5.15. The van der Waals surface area contributed by atoms with Gasteiger partial charge in [-0.25, -0.2) is 0 Å². The minimum absolute atomic E-state index is 0.852. The Labute approximate surface area is 86.5 Å². The molecule has 0 spiro atoms. The quantitative estimate of drug-likeness (QED) is 0.598. The second-order valence-electron chi connectivity index (χ2n) is 3.71. The first-order chi connectivity index (χ1) is 5.68. The molecular formula is C9H13IN2. The van der Waals surface area contributed by atoms with E-state index in [1.807, 2.05) is 6.20 Å². The Kier molecular flexibility index (Phi) is 2.14. The number of nitrogens with zero attached hydrogens (tertiary/aromatic N) is 2. The molecule has 12 heavy (non-hydrogen) atoms. The van der Waals surface area contributed by atoms with Crippen LogP contribution in [-0.2, 0) is 6.54 Å². The van der Waals surface area contributed by atoms with E-state index in [1.165, 1.54) is 5.56 Å². The summed E-state index contributed by atoms with van der Waals surface area (Å²) in [7, 11) is 0. The van der Waals surface area contributed by atoms with Gasteiger partial charge in [-0.2, -0.15) is 5.10 Å². The largest absolute Gasteiger partial charge is 0.272 e. The molecule has 66 valence electrons. The van der Waals surface area contributed by atoms with E-state index < -0.39 is 0 Å². The summed E-state index contributed by atoms with van der Waals surface area (Å²) in [6, 6.07) is 0. The highest BCUT2D eigenvalue weighted by molar-refractivity contribution is 14.1. The molecule has 3 atom stereocenters. The van der Waals surface area contributed by atoms with E-state index in [1.54, 1.807) is 0 Å². The van der Waals surface area contributed by atoms with Crippen LogP contribution in [0.5, 0.6) is 0 Å². The van der Waals surface area contributed by atoms with Crippen molar-refractivity contribution in [2.45, 2.75) is 24.3 Å². The van der Waals surface area contributed by atoms with E-state index in [4.69, 9.17) is 0 Å².